The summed E-state index contributed by atoms with van der Waals surface area (Å²) in [6.45, 7) is 11.4. The minimum atomic E-state index is 0.793. The quantitative estimate of drug-likeness (QED) is 0.401. The maximum absolute atomic E-state index is 5.31. The lowest BCUT2D eigenvalue weighted by atomic mass is 10.0. The van der Waals surface area contributed by atoms with Crippen LogP contribution < -0.4 is 10.6 Å². The van der Waals surface area contributed by atoms with Gasteiger partial charge < -0.3 is 20.3 Å². The van der Waals surface area contributed by atoms with Gasteiger partial charge in [-0.05, 0) is 38.6 Å². The molecule has 0 aromatic heterocycles. The van der Waals surface area contributed by atoms with E-state index in [4.69, 9.17) is 4.74 Å². The Morgan fingerprint density at radius 1 is 1.35 bits per heavy atom. The zero-order chi connectivity index (χ0) is 14.6. The van der Waals surface area contributed by atoms with Crippen LogP contribution in [0.25, 0.3) is 0 Å². The van der Waals surface area contributed by atoms with Gasteiger partial charge in [-0.1, -0.05) is 6.92 Å². The highest BCUT2D eigenvalue weighted by Gasteiger charge is 2.15. The molecule has 2 N–H and O–H groups in total. The molecule has 20 heavy (non-hydrogen) atoms. The van der Waals surface area contributed by atoms with E-state index in [2.05, 4.69) is 27.4 Å². The Labute approximate surface area is 124 Å². The third-order valence-electron chi connectivity index (χ3n) is 3.65. The Balaban J connectivity index is 2.06. The van der Waals surface area contributed by atoms with E-state index < -0.39 is 0 Å². The van der Waals surface area contributed by atoms with Crippen molar-refractivity contribution in [1.29, 1.82) is 0 Å². The number of piperidine rings is 1. The summed E-state index contributed by atoms with van der Waals surface area (Å²) in [5.74, 6) is 1.74. The Bertz CT molecular complexity index is 271. The molecule has 1 rings (SSSR count). The maximum Gasteiger partial charge on any atom is 0.191 e. The van der Waals surface area contributed by atoms with E-state index in [1.54, 1.807) is 0 Å². The van der Waals surface area contributed by atoms with Crippen LogP contribution in [0.4, 0.5) is 0 Å². The molecule has 0 aromatic carbocycles. The summed E-state index contributed by atoms with van der Waals surface area (Å²) in [5.41, 5.74) is 0. The lowest BCUT2D eigenvalue weighted by molar-refractivity contribution is 0.145. The molecule has 0 radical (unpaired) electrons. The Hall–Kier alpha value is -0.810. The van der Waals surface area contributed by atoms with Crippen molar-refractivity contribution in [3.05, 3.63) is 0 Å². The third kappa shape index (κ3) is 7.70. The number of likely N-dealkylation sites (tertiary alicyclic amines) is 1. The predicted octanol–water partition coefficient (Wildman–Crippen LogP) is 1.31. The van der Waals surface area contributed by atoms with Crippen LogP contribution in [-0.4, -0.2) is 63.8 Å². The summed E-state index contributed by atoms with van der Waals surface area (Å²) < 4.78 is 5.31. The molecule has 118 valence electrons. The Morgan fingerprint density at radius 3 is 2.85 bits per heavy atom. The highest BCUT2D eigenvalue weighted by molar-refractivity contribution is 5.79. The fourth-order valence-corrected chi connectivity index (χ4v) is 2.57. The van der Waals surface area contributed by atoms with Gasteiger partial charge >= 0.3 is 0 Å². The molecule has 0 saturated carbocycles. The van der Waals surface area contributed by atoms with Crippen LogP contribution in [0.3, 0.4) is 0 Å². The zero-order valence-electron chi connectivity index (χ0n) is 13.5. The van der Waals surface area contributed by atoms with E-state index in [-0.39, 0.29) is 0 Å². The summed E-state index contributed by atoms with van der Waals surface area (Å²) >= 11 is 0. The van der Waals surface area contributed by atoms with Gasteiger partial charge in [0.1, 0.15) is 0 Å². The van der Waals surface area contributed by atoms with E-state index in [1.807, 2.05) is 14.0 Å². The van der Waals surface area contributed by atoms with Crippen molar-refractivity contribution >= 4 is 5.96 Å². The maximum atomic E-state index is 5.31. The molecule has 0 spiro atoms. The van der Waals surface area contributed by atoms with Gasteiger partial charge in [0.05, 0.1) is 0 Å². The number of nitrogens with zero attached hydrogens (tertiary/aromatic N) is 2. The van der Waals surface area contributed by atoms with Crippen LogP contribution in [0.15, 0.2) is 4.99 Å². The minimum Gasteiger partial charge on any atom is -0.382 e. The Morgan fingerprint density at radius 2 is 2.15 bits per heavy atom. The second-order valence-electron chi connectivity index (χ2n) is 5.52. The first-order valence-electron chi connectivity index (χ1n) is 8.00. The Kier molecular flexibility index (Phi) is 9.41. The van der Waals surface area contributed by atoms with Crippen molar-refractivity contribution in [1.82, 2.24) is 15.5 Å². The van der Waals surface area contributed by atoms with Gasteiger partial charge in [0.25, 0.3) is 0 Å². The van der Waals surface area contributed by atoms with Gasteiger partial charge in [0.15, 0.2) is 5.96 Å². The van der Waals surface area contributed by atoms with E-state index in [9.17, 15) is 0 Å². The molecule has 5 heteroatoms. The first-order valence-corrected chi connectivity index (χ1v) is 8.00. The van der Waals surface area contributed by atoms with Crippen LogP contribution in [0, 0.1) is 5.92 Å². The van der Waals surface area contributed by atoms with Crippen LogP contribution in [0.2, 0.25) is 0 Å². The fraction of sp³-hybridized carbons (Fsp3) is 0.933. The first kappa shape index (κ1) is 17.2. The topological polar surface area (TPSA) is 48.9 Å². The van der Waals surface area contributed by atoms with Gasteiger partial charge in [-0.3, -0.25) is 4.99 Å². The normalized spacial score (nSPS) is 20.9. The number of ether oxygens (including phenoxy) is 1. The van der Waals surface area contributed by atoms with Crippen molar-refractivity contribution in [3.63, 3.8) is 0 Å². The highest BCUT2D eigenvalue weighted by atomic mass is 16.5. The summed E-state index contributed by atoms with van der Waals surface area (Å²) in [6, 6.07) is 0. The molecule has 5 nitrogen and oxygen atoms in total. The lowest BCUT2D eigenvalue weighted by Gasteiger charge is -2.30. The molecular weight excluding hydrogens is 252 g/mol. The van der Waals surface area contributed by atoms with E-state index >= 15 is 0 Å². The van der Waals surface area contributed by atoms with Gasteiger partial charge in [-0.15, -0.1) is 0 Å². The van der Waals surface area contributed by atoms with Crippen molar-refractivity contribution in [2.75, 3.05) is 53.0 Å². The number of hydrogen-bond acceptors (Lipinski definition) is 3. The predicted molar refractivity (Wildman–Crippen MR) is 85.3 cm³/mol. The standard InChI is InChI=1S/C15H32N4O/c1-4-20-12-6-8-17-15(16-3)18-9-11-19-10-5-7-14(2)13-19/h14H,4-13H2,1-3H3,(H2,16,17,18). The highest BCUT2D eigenvalue weighted by Crippen LogP contribution is 2.14. The average molecular weight is 284 g/mol. The molecule has 1 saturated heterocycles. The molecule has 0 aromatic rings. The third-order valence-corrected chi connectivity index (χ3v) is 3.65. The second-order valence-corrected chi connectivity index (χ2v) is 5.52. The fourth-order valence-electron chi connectivity index (χ4n) is 2.57. The molecule has 1 heterocycles. The molecule has 0 aliphatic carbocycles. The average Bonchev–Trinajstić information content (AvgIpc) is 2.45. The number of aliphatic imine (C=N–C) groups is 1. The summed E-state index contributed by atoms with van der Waals surface area (Å²) in [7, 11) is 1.82. The second kappa shape index (κ2) is 10.9. The van der Waals surface area contributed by atoms with Crippen LogP contribution >= 0.6 is 0 Å². The van der Waals surface area contributed by atoms with Crippen LogP contribution in [0.5, 0.6) is 0 Å². The monoisotopic (exact) mass is 284 g/mol. The molecule has 1 atom stereocenters. The van der Waals surface area contributed by atoms with Crippen molar-refractivity contribution < 1.29 is 4.74 Å². The van der Waals surface area contributed by atoms with Crippen molar-refractivity contribution in [2.45, 2.75) is 33.1 Å². The molecule has 1 aliphatic heterocycles. The van der Waals surface area contributed by atoms with E-state index in [1.165, 1.54) is 25.9 Å². The first-order chi connectivity index (χ1) is 9.76. The lowest BCUT2D eigenvalue weighted by Crippen LogP contribution is -2.44. The van der Waals surface area contributed by atoms with Crippen molar-refractivity contribution in [3.8, 4) is 0 Å². The number of nitrogens with one attached hydrogen (secondary N) is 2. The van der Waals surface area contributed by atoms with Crippen molar-refractivity contribution in [2.24, 2.45) is 10.9 Å². The SMILES string of the molecule is CCOCCCNC(=NC)NCCN1CCCC(C)C1. The van der Waals surface area contributed by atoms with Gasteiger partial charge in [-0.2, -0.15) is 0 Å². The largest absolute Gasteiger partial charge is 0.382 e. The number of rotatable bonds is 8. The molecular formula is C15H32N4O. The van der Waals surface area contributed by atoms with Gasteiger partial charge in [0.2, 0.25) is 0 Å². The van der Waals surface area contributed by atoms with Gasteiger partial charge in [0, 0.05) is 46.4 Å². The molecule has 1 aliphatic rings. The van der Waals surface area contributed by atoms with E-state index in [0.29, 0.717) is 0 Å². The molecule has 0 amide bonds. The number of guanidine groups is 1. The van der Waals surface area contributed by atoms with E-state index in [0.717, 1.165) is 51.1 Å². The summed E-state index contributed by atoms with van der Waals surface area (Å²) in [5, 5.41) is 6.69. The van der Waals surface area contributed by atoms with Gasteiger partial charge in [-0.25, -0.2) is 0 Å². The smallest absolute Gasteiger partial charge is 0.191 e. The van der Waals surface area contributed by atoms with Crippen LogP contribution in [0.1, 0.15) is 33.1 Å². The molecule has 0 bridgehead atoms. The summed E-state index contributed by atoms with van der Waals surface area (Å²) in [4.78, 5) is 6.78. The number of hydrogen-bond donors (Lipinski definition) is 2. The van der Waals surface area contributed by atoms with Crippen LogP contribution in [-0.2, 0) is 4.74 Å². The minimum absolute atomic E-state index is 0.793. The summed E-state index contributed by atoms with van der Waals surface area (Å²) in [6.07, 6.45) is 3.73. The zero-order valence-corrected chi connectivity index (χ0v) is 13.5. The molecule has 1 unspecified atom stereocenters. The molecule has 1 fully saturated rings.